The maximum atomic E-state index is 11.0. The second-order valence-corrected chi connectivity index (χ2v) is 5.63. The predicted octanol–water partition coefficient (Wildman–Crippen LogP) is 3.76. The standard InChI is InChI=1S/C16H19N3OS/c1-3-17-16-9-4-13(10-18-16)11-21-15-7-5-14(6-8-15)19-12(2)20/h4-10H,3,11H2,1-2H3,(H,17,18)(H,19,20). The van der Waals surface area contributed by atoms with Crippen LogP contribution in [0.25, 0.3) is 0 Å². The Kier molecular flexibility index (Phi) is 5.63. The number of amides is 1. The summed E-state index contributed by atoms with van der Waals surface area (Å²) >= 11 is 1.75. The molecule has 0 atom stereocenters. The van der Waals surface area contributed by atoms with E-state index in [-0.39, 0.29) is 5.91 Å². The van der Waals surface area contributed by atoms with Crippen molar-refractivity contribution in [3.05, 3.63) is 48.2 Å². The van der Waals surface area contributed by atoms with Gasteiger partial charge in [0.2, 0.25) is 5.91 Å². The summed E-state index contributed by atoms with van der Waals surface area (Å²) in [6.07, 6.45) is 1.90. The van der Waals surface area contributed by atoms with Crippen LogP contribution in [0.1, 0.15) is 19.4 Å². The van der Waals surface area contributed by atoms with Crippen molar-refractivity contribution in [2.24, 2.45) is 0 Å². The Balaban J connectivity index is 1.88. The van der Waals surface area contributed by atoms with E-state index in [1.807, 2.05) is 36.5 Å². The molecule has 21 heavy (non-hydrogen) atoms. The lowest BCUT2D eigenvalue weighted by molar-refractivity contribution is -0.114. The number of nitrogens with one attached hydrogen (secondary N) is 2. The van der Waals surface area contributed by atoms with E-state index in [2.05, 4.69) is 28.6 Å². The number of pyridine rings is 1. The Morgan fingerprint density at radius 2 is 1.95 bits per heavy atom. The van der Waals surface area contributed by atoms with Crippen molar-refractivity contribution in [3.63, 3.8) is 0 Å². The molecule has 0 bridgehead atoms. The number of nitrogens with zero attached hydrogens (tertiary/aromatic N) is 1. The summed E-state index contributed by atoms with van der Waals surface area (Å²) in [4.78, 5) is 16.5. The molecule has 4 nitrogen and oxygen atoms in total. The van der Waals surface area contributed by atoms with Crippen LogP contribution in [0.3, 0.4) is 0 Å². The molecule has 2 aromatic rings. The molecule has 5 heteroatoms. The third kappa shape index (κ3) is 5.11. The fourth-order valence-electron chi connectivity index (χ4n) is 1.80. The van der Waals surface area contributed by atoms with E-state index in [9.17, 15) is 4.79 Å². The molecule has 0 aliphatic carbocycles. The van der Waals surface area contributed by atoms with Crippen molar-refractivity contribution in [3.8, 4) is 0 Å². The lowest BCUT2D eigenvalue weighted by atomic mass is 10.3. The van der Waals surface area contributed by atoms with Crippen LogP contribution in [0, 0.1) is 0 Å². The van der Waals surface area contributed by atoms with E-state index in [0.29, 0.717) is 0 Å². The first-order chi connectivity index (χ1) is 10.2. The van der Waals surface area contributed by atoms with Gasteiger partial charge in [-0.05, 0) is 42.8 Å². The van der Waals surface area contributed by atoms with Gasteiger partial charge in [0.05, 0.1) is 0 Å². The monoisotopic (exact) mass is 301 g/mol. The predicted molar refractivity (Wildman–Crippen MR) is 88.7 cm³/mol. The SMILES string of the molecule is CCNc1ccc(CSc2ccc(NC(C)=O)cc2)cn1. The molecule has 0 aliphatic heterocycles. The molecule has 1 amide bonds. The van der Waals surface area contributed by atoms with Gasteiger partial charge in [-0.1, -0.05) is 6.07 Å². The Hall–Kier alpha value is -2.01. The minimum Gasteiger partial charge on any atom is -0.370 e. The van der Waals surface area contributed by atoms with Crippen LogP contribution in [-0.2, 0) is 10.5 Å². The summed E-state index contributed by atoms with van der Waals surface area (Å²) in [5.74, 6) is 1.73. The largest absolute Gasteiger partial charge is 0.370 e. The van der Waals surface area contributed by atoms with Crippen LogP contribution in [-0.4, -0.2) is 17.4 Å². The summed E-state index contributed by atoms with van der Waals surface area (Å²) in [6, 6.07) is 11.9. The van der Waals surface area contributed by atoms with Crippen LogP contribution in [0.4, 0.5) is 11.5 Å². The molecule has 0 unspecified atom stereocenters. The van der Waals surface area contributed by atoms with Crippen molar-refractivity contribution in [1.29, 1.82) is 0 Å². The van der Waals surface area contributed by atoms with Gasteiger partial charge in [-0.2, -0.15) is 0 Å². The lowest BCUT2D eigenvalue weighted by Gasteiger charge is -2.06. The minimum atomic E-state index is -0.0535. The molecule has 1 heterocycles. The average molecular weight is 301 g/mol. The van der Waals surface area contributed by atoms with Gasteiger partial charge in [0.1, 0.15) is 5.82 Å². The Labute approximate surface area is 129 Å². The molecular formula is C16H19N3OS. The normalized spacial score (nSPS) is 10.2. The van der Waals surface area contributed by atoms with Gasteiger partial charge >= 0.3 is 0 Å². The van der Waals surface area contributed by atoms with Gasteiger partial charge in [0.25, 0.3) is 0 Å². The van der Waals surface area contributed by atoms with Crippen LogP contribution in [0.15, 0.2) is 47.5 Å². The topological polar surface area (TPSA) is 54.0 Å². The fraction of sp³-hybridized carbons (Fsp3) is 0.250. The summed E-state index contributed by atoms with van der Waals surface area (Å²) in [6.45, 7) is 4.44. The van der Waals surface area contributed by atoms with E-state index in [4.69, 9.17) is 0 Å². The van der Waals surface area contributed by atoms with Gasteiger partial charge in [-0.3, -0.25) is 4.79 Å². The molecule has 110 valence electrons. The number of rotatable bonds is 6. The highest BCUT2D eigenvalue weighted by molar-refractivity contribution is 7.98. The second kappa shape index (κ2) is 7.69. The first-order valence-electron chi connectivity index (χ1n) is 6.86. The third-order valence-electron chi connectivity index (χ3n) is 2.76. The Bertz CT molecular complexity index is 581. The van der Waals surface area contributed by atoms with E-state index >= 15 is 0 Å². The summed E-state index contributed by atoms with van der Waals surface area (Å²) in [7, 11) is 0. The molecule has 0 saturated carbocycles. The van der Waals surface area contributed by atoms with Crippen LogP contribution in [0.5, 0.6) is 0 Å². The van der Waals surface area contributed by atoms with Crippen LogP contribution < -0.4 is 10.6 Å². The minimum absolute atomic E-state index is 0.0535. The van der Waals surface area contributed by atoms with Crippen molar-refractivity contribution >= 4 is 29.2 Å². The summed E-state index contributed by atoms with van der Waals surface area (Å²) in [5.41, 5.74) is 2.01. The van der Waals surface area contributed by atoms with E-state index < -0.39 is 0 Å². The number of benzene rings is 1. The number of thioether (sulfide) groups is 1. The van der Waals surface area contributed by atoms with Crippen molar-refractivity contribution < 1.29 is 4.79 Å². The highest BCUT2D eigenvalue weighted by atomic mass is 32.2. The quantitative estimate of drug-likeness (QED) is 0.798. The summed E-state index contributed by atoms with van der Waals surface area (Å²) < 4.78 is 0. The number of carbonyl (C=O) groups excluding carboxylic acids is 1. The van der Waals surface area contributed by atoms with Crippen molar-refractivity contribution in [2.75, 3.05) is 17.2 Å². The molecule has 0 saturated heterocycles. The maximum Gasteiger partial charge on any atom is 0.221 e. The smallest absolute Gasteiger partial charge is 0.221 e. The molecule has 2 rings (SSSR count). The average Bonchev–Trinajstić information content (AvgIpc) is 2.48. The van der Waals surface area contributed by atoms with Crippen molar-refractivity contribution in [2.45, 2.75) is 24.5 Å². The Morgan fingerprint density at radius 3 is 2.52 bits per heavy atom. The molecule has 2 N–H and O–H groups in total. The molecule has 1 aromatic heterocycles. The first kappa shape index (κ1) is 15.4. The van der Waals surface area contributed by atoms with Gasteiger partial charge < -0.3 is 10.6 Å². The zero-order valence-electron chi connectivity index (χ0n) is 12.2. The van der Waals surface area contributed by atoms with Gasteiger partial charge in [0, 0.05) is 36.0 Å². The van der Waals surface area contributed by atoms with E-state index in [1.54, 1.807) is 11.8 Å². The van der Waals surface area contributed by atoms with Gasteiger partial charge in [-0.25, -0.2) is 4.98 Å². The highest BCUT2D eigenvalue weighted by Gasteiger charge is 2.00. The molecule has 0 fully saturated rings. The zero-order chi connectivity index (χ0) is 15.1. The molecule has 0 radical (unpaired) electrons. The third-order valence-corrected chi connectivity index (χ3v) is 3.85. The van der Waals surface area contributed by atoms with Crippen molar-refractivity contribution in [1.82, 2.24) is 4.98 Å². The molecule has 0 aliphatic rings. The van der Waals surface area contributed by atoms with E-state index in [1.165, 1.54) is 17.4 Å². The number of hydrogen-bond donors (Lipinski definition) is 2. The fourth-order valence-corrected chi connectivity index (χ4v) is 2.63. The lowest BCUT2D eigenvalue weighted by Crippen LogP contribution is -2.05. The zero-order valence-corrected chi connectivity index (χ0v) is 13.0. The Morgan fingerprint density at radius 1 is 1.19 bits per heavy atom. The molecule has 0 spiro atoms. The molecule has 1 aromatic carbocycles. The van der Waals surface area contributed by atoms with Crippen LogP contribution in [0.2, 0.25) is 0 Å². The number of aromatic nitrogens is 1. The first-order valence-corrected chi connectivity index (χ1v) is 7.85. The number of anilines is 2. The van der Waals surface area contributed by atoms with Gasteiger partial charge in [-0.15, -0.1) is 11.8 Å². The van der Waals surface area contributed by atoms with Gasteiger partial charge in [0.15, 0.2) is 0 Å². The number of hydrogen-bond acceptors (Lipinski definition) is 4. The summed E-state index contributed by atoms with van der Waals surface area (Å²) in [5, 5.41) is 5.94. The highest BCUT2D eigenvalue weighted by Crippen LogP contribution is 2.24. The van der Waals surface area contributed by atoms with Crippen LogP contribution >= 0.6 is 11.8 Å². The second-order valence-electron chi connectivity index (χ2n) is 4.58. The van der Waals surface area contributed by atoms with E-state index in [0.717, 1.165) is 23.8 Å². The molecular weight excluding hydrogens is 282 g/mol. The number of carbonyl (C=O) groups is 1. The maximum absolute atomic E-state index is 11.0.